The van der Waals surface area contributed by atoms with Crippen molar-refractivity contribution in [1.82, 2.24) is 0 Å². The zero-order chi connectivity index (χ0) is 10.7. The van der Waals surface area contributed by atoms with Crippen LogP contribution in [-0.2, 0) is 0 Å². The number of benzene rings is 2. The third kappa shape index (κ3) is 2.74. The summed E-state index contributed by atoms with van der Waals surface area (Å²) >= 11 is 1.69. The molecule has 0 bridgehead atoms. The Bertz CT molecular complexity index is 451. The standard InChI is InChI=1S/C13H14OS/c1-10(14)9-15-13-7-6-11-4-2-3-5-12(11)8-13/h2-8,10,14H,9H2,1H3/t10-/m0/s1. The van der Waals surface area contributed by atoms with Crippen LogP contribution in [0.1, 0.15) is 6.92 Å². The van der Waals surface area contributed by atoms with Gasteiger partial charge in [-0.15, -0.1) is 11.8 Å². The molecule has 0 amide bonds. The molecule has 0 aromatic heterocycles. The van der Waals surface area contributed by atoms with Crippen molar-refractivity contribution in [3.8, 4) is 0 Å². The second-order valence-corrected chi connectivity index (χ2v) is 4.76. The lowest BCUT2D eigenvalue weighted by atomic mass is 10.1. The average Bonchev–Trinajstić information content (AvgIpc) is 2.26. The van der Waals surface area contributed by atoms with Gasteiger partial charge in [-0.25, -0.2) is 0 Å². The first-order chi connectivity index (χ1) is 7.25. The Kier molecular flexibility index (Phi) is 3.29. The Morgan fingerprint density at radius 3 is 2.60 bits per heavy atom. The molecule has 0 unspecified atom stereocenters. The maximum Gasteiger partial charge on any atom is 0.0606 e. The van der Waals surface area contributed by atoms with Gasteiger partial charge in [0.15, 0.2) is 0 Å². The summed E-state index contributed by atoms with van der Waals surface area (Å²) in [7, 11) is 0. The van der Waals surface area contributed by atoms with Crippen LogP contribution in [0.2, 0.25) is 0 Å². The minimum absolute atomic E-state index is 0.249. The van der Waals surface area contributed by atoms with Gasteiger partial charge in [0.1, 0.15) is 0 Å². The van der Waals surface area contributed by atoms with Crippen LogP contribution in [0.15, 0.2) is 47.4 Å². The number of hydrogen-bond acceptors (Lipinski definition) is 2. The van der Waals surface area contributed by atoms with E-state index in [9.17, 15) is 5.11 Å². The highest BCUT2D eigenvalue weighted by molar-refractivity contribution is 7.99. The van der Waals surface area contributed by atoms with Gasteiger partial charge < -0.3 is 5.11 Å². The maximum absolute atomic E-state index is 9.21. The van der Waals surface area contributed by atoms with Gasteiger partial charge in [0.25, 0.3) is 0 Å². The van der Waals surface area contributed by atoms with Crippen LogP contribution in [0.4, 0.5) is 0 Å². The van der Waals surface area contributed by atoms with Gasteiger partial charge in [-0.05, 0) is 29.8 Å². The Morgan fingerprint density at radius 2 is 1.87 bits per heavy atom. The zero-order valence-electron chi connectivity index (χ0n) is 8.68. The van der Waals surface area contributed by atoms with Crippen LogP contribution in [0, 0.1) is 0 Å². The molecule has 0 saturated heterocycles. The first-order valence-corrected chi connectivity index (χ1v) is 6.04. The van der Waals surface area contributed by atoms with Crippen molar-refractivity contribution >= 4 is 22.5 Å². The van der Waals surface area contributed by atoms with E-state index in [0.717, 1.165) is 5.75 Å². The summed E-state index contributed by atoms with van der Waals surface area (Å²) < 4.78 is 0. The molecule has 0 fully saturated rings. The minimum atomic E-state index is -0.249. The molecule has 1 nitrogen and oxygen atoms in total. The Balaban J connectivity index is 2.23. The van der Waals surface area contributed by atoms with Crippen LogP contribution in [0.3, 0.4) is 0 Å². The molecule has 0 aliphatic rings. The van der Waals surface area contributed by atoms with E-state index >= 15 is 0 Å². The van der Waals surface area contributed by atoms with Crippen molar-refractivity contribution in [3.63, 3.8) is 0 Å². The van der Waals surface area contributed by atoms with Crippen molar-refractivity contribution in [1.29, 1.82) is 0 Å². The van der Waals surface area contributed by atoms with E-state index < -0.39 is 0 Å². The average molecular weight is 218 g/mol. The summed E-state index contributed by atoms with van der Waals surface area (Å²) in [6.45, 7) is 1.81. The van der Waals surface area contributed by atoms with Crippen molar-refractivity contribution in [2.45, 2.75) is 17.9 Å². The smallest absolute Gasteiger partial charge is 0.0606 e. The third-order valence-electron chi connectivity index (χ3n) is 2.21. The summed E-state index contributed by atoms with van der Waals surface area (Å²) in [6, 6.07) is 14.7. The fraction of sp³-hybridized carbons (Fsp3) is 0.231. The molecule has 0 aliphatic heterocycles. The molecule has 0 aliphatic carbocycles. The molecule has 2 aromatic carbocycles. The van der Waals surface area contributed by atoms with Crippen molar-refractivity contribution in [3.05, 3.63) is 42.5 Å². The first kappa shape index (κ1) is 10.5. The van der Waals surface area contributed by atoms with Gasteiger partial charge in [0.05, 0.1) is 6.10 Å². The number of aliphatic hydroxyl groups excluding tert-OH is 1. The summed E-state index contributed by atoms with van der Waals surface area (Å²) in [6.07, 6.45) is -0.249. The van der Waals surface area contributed by atoms with Gasteiger partial charge in [-0.3, -0.25) is 0 Å². The Morgan fingerprint density at radius 1 is 1.13 bits per heavy atom. The fourth-order valence-corrected chi connectivity index (χ4v) is 2.28. The summed E-state index contributed by atoms with van der Waals surface area (Å²) in [5.74, 6) is 0.748. The van der Waals surface area contributed by atoms with E-state index in [1.807, 2.05) is 19.1 Å². The number of fused-ring (bicyclic) bond motifs is 1. The molecular formula is C13H14OS. The van der Waals surface area contributed by atoms with Gasteiger partial charge in [-0.1, -0.05) is 30.3 Å². The predicted octanol–water partition coefficient (Wildman–Crippen LogP) is 3.31. The largest absolute Gasteiger partial charge is 0.393 e. The van der Waals surface area contributed by atoms with E-state index in [1.165, 1.54) is 15.7 Å². The molecule has 78 valence electrons. The number of aliphatic hydroxyl groups is 1. The normalized spacial score (nSPS) is 12.9. The van der Waals surface area contributed by atoms with Crippen LogP contribution in [0.5, 0.6) is 0 Å². The Hall–Kier alpha value is -0.990. The highest BCUT2D eigenvalue weighted by Crippen LogP contribution is 2.23. The molecule has 2 heteroatoms. The minimum Gasteiger partial charge on any atom is -0.393 e. The summed E-state index contributed by atoms with van der Waals surface area (Å²) in [5, 5.41) is 11.7. The van der Waals surface area contributed by atoms with Crippen molar-refractivity contribution < 1.29 is 5.11 Å². The van der Waals surface area contributed by atoms with Crippen LogP contribution in [0.25, 0.3) is 10.8 Å². The number of rotatable bonds is 3. The molecule has 0 heterocycles. The molecular weight excluding hydrogens is 204 g/mol. The van der Waals surface area contributed by atoms with Crippen LogP contribution >= 0.6 is 11.8 Å². The van der Waals surface area contributed by atoms with E-state index in [0.29, 0.717) is 0 Å². The quantitative estimate of drug-likeness (QED) is 0.798. The highest BCUT2D eigenvalue weighted by Gasteiger charge is 1.99. The third-order valence-corrected chi connectivity index (χ3v) is 3.45. The molecule has 0 radical (unpaired) electrons. The molecule has 2 aromatic rings. The van der Waals surface area contributed by atoms with E-state index in [4.69, 9.17) is 0 Å². The van der Waals surface area contributed by atoms with Gasteiger partial charge in [0, 0.05) is 10.6 Å². The topological polar surface area (TPSA) is 20.2 Å². The molecule has 0 spiro atoms. The molecule has 2 rings (SSSR count). The zero-order valence-corrected chi connectivity index (χ0v) is 9.50. The second kappa shape index (κ2) is 4.69. The first-order valence-electron chi connectivity index (χ1n) is 5.05. The van der Waals surface area contributed by atoms with Crippen LogP contribution < -0.4 is 0 Å². The number of hydrogen-bond donors (Lipinski definition) is 1. The van der Waals surface area contributed by atoms with Gasteiger partial charge in [0.2, 0.25) is 0 Å². The maximum atomic E-state index is 9.21. The van der Waals surface area contributed by atoms with Gasteiger partial charge >= 0.3 is 0 Å². The van der Waals surface area contributed by atoms with E-state index in [2.05, 4.69) is 30.3 Å². The lowest BCUT2D eigenvalue weighted by Crippen LogP contribution is -2.01. The van der Waals surface area contributed by atoms with Crippen molar-refractivity contribution in [2.75, 3.05) is 5.75 Å². The molecule has 0 saturated carbocycles. The second-order valence-electron chi connectivity index (χ2n) is 3.67. The molecule has 15 heavy (non-hydrogen) atoms. The van der Waals surface area contributed by atoms with Crippen molar-refractivity contribution in [2.24, 2.45) is 0 Å². The predicted molar refractivity (Wildman–Crippen MR) is 66.4 cm³/mol. The molecule has 1 atom stereocenters. The lowest BCUT2D eigenvalue weighted by molar-refractivity contribution is 0.220. The Labute approximate surface area is 94.1 Å². The number of thioether (sulfide) groups is 1. The SMILES string of the molecule is C[C@H](O)CSc1ccc2ccccc2c1. The monoisotopic (exact) mass is 218 g/mol. The highest BCUT2D eigenvalue weighted by atomic mass is 32.2. The lowest BCUT2D eigenvalue weighted by Gasteiger charge is -2.05. The van der Waals surface area contributed by atoms with E-state index in [-0.39, 0.29) is 6.10 Å². The van der Waals surface area contributed by atoms with Crippen LogP contribution in [-0.4, -0.2) is 17.0 Å². The fourth-order valence-electron chi connectivity index (χ4n) is 1.47. The van der Waals surface area contributed by atoms with E-state index in [1.54, 1.807) is 11.8 Å². The molecule has 1 N–H and O–H groups in total. The summed E-state index contributed by atoms with van der Waals surface area (Å²) in [4.78, 5) is 1.22. The van der Waals surface area contributed by atoms with Gasteiger partial charge in [-0.2, -0.15) is 0 Å². The summed E-state index contributed by atoms with van der Waals surface area (Å²) in [5.41, 5.74) is 0.